The summed E-state index contributed by atoms with van der Waals surface area (Å²) in [6.45, 7) is 4.88. The van der Waals surface area contributed by atoms with Gasteiger partial charge in [-0.2, -0.15) is 0 Å². The molecule has 8 heteroatoms. The van der Waals surface area contributed by atoms with Crippen LogP contribution in [0.15, 0.2) is 48.8 Å². The molecule has 2 aromatic heterocycles. The van der Waals surface area contributed by atoms with Crippen molar-refractivity contribution in [2.24, 2.45) is 5.92 Å². The van der Waals surface area contributed by atoms with Crippen LogP contribution in [0.25, 0.3) is 5.65 Å². The highest BCUT2D eigenvalue weighted by Gasteiger charge is 2.48. The minimum atomic E-state index is -0.717. The fraction of sp³-hybridized carbons (Fsp3) is 0.533. The van der Waals surface area contributed by atoms with E-state index in [9.17, 15) is 14.3 Å². The molecule has 1 aliphatic carbocycles. The summed E-state index contributed by atoms with van der Waals surface area (Å²) < 4.78 is 16.4. The number of carboxylic acid groups (broad SMARTS) is 1. The number of nitrogens with zero attached hydrogens (tertiary/aromatic N) is 4. The first kappa shape index (κ1) is 25.8. The average Bonchev–Trinajstić information content (AvgIpc) is 3.48. The number of imidazole rings is 1. The van der Waals surface area contributed by atoms with Gasteiger partial charge in [0.25, 0.3) is 0 Å². The zero-order chi connectivity index (χ0) is 26.3. The fourth-order valence-electron chi connectivity index (χ4n) is 7.23. The Balaban J connectivity index is 1.15. The Morgan fingerprint density at radius 2 is 1.97 bits per heavy atom. The van der Waals surface area contributed by atoms with E-state index in [0.717, 1.165) is 76.0 Å². The molecule has 1 saturated carbocycles. The van der Waals surface area contributed by atoms with Gasteiger partial charge in [-0.25, -0.2) is 9.37 Å². The number of pyridine rings is 1. The van der Waals surface area contributed by atoms with Crippen LogP contribution in [0.1, 0.15) is 68.0 Å². The van der Waals surface area contributed by atoms with Crippen LogP contribution in [0, 0.1) is 11.7 Å². The van der Waals surface area contributed by atoms with E-state index in [4.69, 9.17) is 11.6 Å². The first-order chi connectivity index (χ1) is 18.4. The van der Waals surface area contributed by atoms with Gasteiger partial charge in [-0.05, 0) is 87.4 Å². The molecule has 2 saturated heterocycles. The third-order valence-corrected chi connectivity index (χ3v) is 9.71. The molecule has 0 bridgehead atoms. The molecule has 6 nitrogen and oxygen atoms in total. The van der Waals surface area contributed by atoms with Crippen LogP contribution in [0.4, 0.5) is 4.39 Å². The molecule has 0 unspecified atom stereocenters. The molecule has 0 amide bonds. The predicted octanol–water partition coefficient (Wildman–Crippen LogP) is 5.81. The second-order valence-electron chi connectivity index (χ2n) is 11.6. The number of hydrogen-bond acceptors (Lipinski definition) is 4. The summed E-state index contributed by atoms with van der Waals surface area (Å²) in [7, 11) is 0. The molecule has 3 aliphatic rings. The lowest BCUT2D eigenvalue weighted by Crippen LogP contribution is -2.53. The van der Waals surface area contributed by atoms with Gasteiger partial charge in [0.05, 0.1) is 0 Å². The number of benzene rings is 1. The van der Waals surface area contributed by atoms with Gasteiger partial charge in [0.1, 0.15) is 11.5 Å². The first-order valence-corrected chi connectivity index (χ1v) is 14.4. The molecule has 1 aromatic carbocycles. The second kappa shape index (κ2) is 10.6. The number of aromatic nitrogens is 2. The molecule has 1 N–H and O–H groups in total. The van der Waals surface area contributed by atoms with E-state index >= 15 is 0 Å². The number of likely N-dealkylation sites (tertiary alicyclic amines) is 2. The van der Waals surface area contributed by atoms with E-state index in [1.54, 1.807) is 6.07 Å². The number of hydrogen-bond donors (Lipinski definition) is 1. The van der Waals surface area contributed by atoms with E-state index in [-0.39, 0.29) is 23.7 Å². The minimum absolute atomic E-state index is 0.00231. The van der Waals surface area contributed by atoms with Gasteiger partial charge >= 0.3 is 5.97 Å². The van der Waals surface area contributed by atoms with Crippen molar-refractivity contribution in [2.45, 2.75) is 62.3 Å². The van der Waals surface area contributed by atoms with E-state index in [1.165, 1.54) is 11.8 Å². The zero-order valence-electron chi connectivity index (χ0n) is 21.7. The van der Waals surface area contributed by atoms with Crippen molar-refractivity contribution in [1.82, 2.24) is 19.2 Å². The third kappa shape index (κ3) is 5.08. The van der Waals surface area contributed by atoms with Crippen molar-refractivity contribution >= 4 is 23.2 Å². The lowest BCUT2D eigenvalue weighted by Gasteiger charge is -2.49. The number of fused-ring (bicyclic) bond motifs is 1. The maximum atomic E-state index is 14.2. The van der Waals surface area contributed by atoms with Crippen molar-refractivity contribution in [1.29, 1.82) is 0 Å². The molecule has 0 radical (unpaired) electrons. The maximum Gasteiger partial charge on any atom is 0.303 e. The molecule has 4 heterocycles. The van der Waals surface area contributed by atoms with Crippen molar-refractivity contribution in [2.75, 3.05) is 32.7 Å². The van der Waals surface area contributed by atoms with Gasteiger partial charge in [0.2, 0.25) is 0 Å². The Morgan fingerprint density at radius 3 is 2.68 bits per heavy atom. The van der Waals surface area contributed by atoms with Crippen molar-refractivity contribution < 1.29 is 14.3 Å². The lowest BCUT2D eigenvalue weighted by molar-refractivity contribution is -0.138. The number of carboxylic acids is 1. The summed E-state index contributed by atoms with van der Waals surface area (Å²) in [4.78, 5) is 21.1. The van der Waals surface area contributed by atoms with E-state index in [0.29, 0.717) is 23.3 Å². The lowest BCUT2D eigenvalue weighted by atomic mass is 9.72. The normalized spacial score (nSPS) is 24.6. The summed E-state index contributed by atoms with van der Waals surface area (Å²) in [5.41, 5.74) is 3.22. The monoisotopic (exact) mass is 538 g/mol. The Morgan fingerprint density at radius 1 is 1.16 bits per heavy atom. The molecule has 3 aromatic rings. The summed E-state index contributed by atoms with van der Waals surface area (Å²) >= 11 is 6.15. The highest BCUT2D eigenvalue weighted by atomic mass is 35.5. The van der Waals surface area contributed by atoms with Gasteiger partial charge < -0.3 is 14.4 Å². The molecule has 38 heavy (non-hydrogen) atoms. The van der Waals surface area contributed by atoms with Gasteiger partial charge in [0.15, 0.2) is 0 Å². The van der Waals surface area contributed by atoms with Gasteiger partial charge in [-0.3, -0.25) is 9.69 Å². The van der Waals surface area contributed by atoms with Crippen LogP contribution >= 0.6 is 11.6 Å². The average molecular weight is 539 g/mol. The number of halogens is 2. The van der Waals surface area contributed by atoms with Crippen molar-refractivity contribution in [3.05, 3.63) is 70.9 Å². The fourth-order valence-corrected chi connectivity index (χ4v) is 7.38. The molecule has 3 fully saturated rings. The summed E-state index contributed by atoms with van der Waals surface area (Å²) in [5, 5.41) is 10.1. The van der Waals surface area contributed by atoms with Crippen LogP contribution in [-0.4, -0.2) is 68.5 Å². The van der Waals surface area contributed by atoms with E-state index in [1.807, 2.05) is 30.6 Å². The van der Waals surface area contributed by atoms with Crippen LogP contribution in [0.5, 0.6) is 0 Å². The Labute approximate surface area is 228 Å². The molecular formula is C30H36ClFN4O2. The molecule has 6 rings (SSSR count). The summed E-state index contributed by atoms with van der Waals surface area (Å²) in [5.74, 6) is 0.225. The van der Waals surface area contributed by atoms with Gasteiger partial charge in [0, 0.05) is 66.5 Å². The minimum Gasteiger partial charge on any atom is -0.481 e. The third-order valence-electron chi connectivity index (χ3n) is 9.48. The van der Waals surface area contributed by atoms with Gasteiger partial charge in [-0.1, -0.05) is 23.7 Å². The quantitative estimate of drug-likeness (QED) is 0.392. The molecule has 0 spiro atoms. The SMILES string of the molecule is O=C(O)CCC1(N2C[C@H](CN3CCC(c4cnc5cc(Cl)ccn45)CC3)[C@@H](c3cccc(F)c3)C2)CCC1. The first-order valence-electron chi connectivity index (χ1n) is 14.0. The Kier molecular flexibility index (Phi) is 7.18. The number of rotatable bonds is 8. The summed E-state index contributed by atoms with van der Waals surface area (Å²) in [6, 6.07) is 10.9. The number of carbonyl (C=O) groups is 1. The Hall–Kier alpha value is -2.48. The van der Waals surface area contributed by atoms with Crippen LogP contribution in [-0.2, 0) is 4.79 Å². The van der Waals surface area contributed by atoms with E-state index < -0.39 is 5.97 Å². The van der Waals surface area contributed by atoms with Crippen LogP contribution < -0.4 is 0 Å². The maximum absolute atomic E-state index is 14.2. The van der Waals surface area contributed by atoms with Crippen molar-refractivity contribution in [3.63, 3.8) is 0 Å². The molecule has 202 valence electrons. The standard InChI is InChI=1S/C30H36ClFN4O2/c31-24-8-14-36-27(17-33-28(36)16-24)21-6-12-34(13-7-21)18-23-19-35(30(9-2-10-30)11-5-29(37)38)20-26(23)22-3-1-4-25(32)15-22/h1,3-4,8,14-17,21,23,26H,2,5-7,9-13,18-20H2,(H,37,38)/t23-,26+/m0/s1. The predicted molar refractivity (Wildman–Crippen MR) is 146 cm³/mol. The zero-order valence-corrected chi connectivity index (χ0v) is 22.5. The van der Waals surface area contributed by atoms with Crippen molar-refractivity contribution in [3.8, 4) is 0 Å². The second-order valence-corrected chi connectivity index (χ2v) is 12.1. The number of piperidine rings is 1. The van der Waals surface area contributed by atoms with Crippen LogP contribution in [0.3, 0.4) is 0 Å². The van der Waals surface area contributed by atoms with E-state index in [2.05, 4.69) is 25.3 Å². The van der Waals surface area contributed by atoms with Gasteiger partial charge in [-0.15, -0.1) is 0 Å². The smallest absolute Gasteiger partial charge is 0.303 e. The highest BCUT2D eigenvalue weighted by molar-refractivity contribution is 6.30. The molecule has 2 atom stereocenters. The largest absolute Gasteiger partial charge is 0.481 e. The Bertz CT molecular complexity index is 1300. The topological polar surface area (TPSA) is 61.1 Å². The van der Waals surface area contributed by atoms with Crippen LogP contribution in [0.2, 0.25) is 5.02 Å². The highest BCUT2D eigenvalue weighted by Crippen LogP contribution is 2.47. The molecular weight excluding hydrogens is 503 g/mol. The summed E-state index contributed by atoms with van der Waals surface area (Å²) in [6.07, 6.45) is 10.4. The molecule has 2 aliphatic heterocycles. The number of aliphatic carboxylic acids is 1.